The Hall–Kier alpha value is -3.20. The number of halogens is 1. The number of para-hydroxylation sites is 1. The van der Waals surface area contributed by atoms with E-state index in [-0.39, 0.29) is 6.61 Å². The zero-order valence-corrected chi connectivity index (χ0v) is 19.5. The van der Waals surface area contributed by atoms with Gasteiger partial charge in [0.15, 0.2) is 0 Å². The number of benzene rings is 2. The van der Waals surface area contributed by atoms with Crippen molar-refractivity contribution in [3.05, 3.63) is 70.5 Å². The number of rotatable bonds is 7. The number of aromatic nitrogens is 2. The monoisotopic (exact) mass is 507 g/mol. The van der Waals surface area contributed by atoms with Crippen molar-refractivity contribution in [2.45, 2.75) is 19.6 Å². The average molecular weight is 508 g/mol. The molecule has 7 nitrogen and oxygen atoms in total. The Balaban J connectivity index is 1.72. The second-order valence-corrected chi connectivity index (χ2v) is 8.87. The van der Waals surface area contributed by atoms with Crippen LogP contribution in [-0.2, 0) is 20.9 Å². The molecule has 3 N–H and O–H groups in total. The van der Waals surface area contributed by atoms with Crippen LogP contribution in [0.5, 0.6) is 0 Å². The Morgan fingerprint density at radius 2 is 1.82 bits per heavy atom. The van der Waals surface area contributed by atoms with Crippen LogP contribution in [0.4, 0.5) is 0 Å². The molecule has 2 aromatic heterocycles. The summed E-state index contributed by atoms with van der Waals surface area (Å²) in [6, 6.07) is 13.4. The topological polar surface area (TPSA) is 96.3 Å². The molecule has 0 fully saturated rings. The second kappa shape index (κ2) is 8.62. The minimum absolute atomic E-state index is 0.213. The molecule has 2 aromatic carbocycles. The van der Waals surface area contributed by atoms with E-state index in [1.165, 1.54) is 0 Å². The fourth-order valence-electron chi connectivity index (χ4n) is 4.40. The van der Waals surface area contributed by atoms with E-state index in [0.29, 0.717) is 35.4 Å². The molecule has 0 radical (unpaired) electrons. The highest BCUT2D eigenvalue weighted by molar-refractivity contribution is 9.10. The average Bonchev–Trinajstić information content (AvgIpc) is 3.45. The van der Waals surface area contributed by atoms with Crippen LogP contribution in [0.25, 0.3) is 33.0 Å². The van der Waals surface area contributed by atoms with Gasteiger partial charge in [-0.3, -0.25) is 14.9 Å². The standard InChI is InChI=1S/C25H22BrN3O4/c1-2-33-13-15(30)11-29-12-19(17-9-14(26)7-8-21(17)29)23-22(24(31)28-25(23)32)18-10-27-20-6-4-3-5-16(18)20/h3-10,12,15,27,30H,2,11,13H2,1H3,(H,28,31,32). The number of nitrogens with one attached hydrogen (secondary N) is 2. The van der Waals surface area contributed by atoms with Crippen molar-refractivity contribution < 1.29 is 19.4 Å². The number of ether oxygens (including phenoxy) is 1. The van der Waals surface area contributed by atoms with Crippen molar-refractivity contribution in [2.24, 2.45) is 0 Å². The number of imide groups is 1. The highest BCUT2D eigenvalue weighted by Crippen LogP contribution is 2.39. The molecule has 1 aliphatic heterocycles. The molecule has 1 aliphatic rings. The maximum absolute atomic E-state index is 13.0. The van der Waals surface area contributed by atoms with E-state index >= 15 is 0 Å². The molecule has 8 heteroatoms. The Morgan fingerprint density at radius 3 is 2.61 bits per heavy atom. The molecule has 5 rings (SSSR count). The first-order valence-corrected chi connectivity index (χ1v) is 11.5. The molecule has 0 saturated heterocycles. The van der Waals surface area contributed by atoms with Crippen molar-refractivity contribution >= 4 is 60.7 Å². The molecule has 1 unspecified atom stereocenters. The summed E-state index contributed by atoms with van der Waals surface area (Å²) in [6.07, 6.45) is 2.88. The second-order valence-electron chi connectivity index (χ2n) is 7.95. The molecule has 1 atom stereocenters. The van der Waals surface area contributed by atoms with Crippen molar-refractivity contribution in [1.82, 2.24) is 14.9 Å². The molecular formula is C25H22BrN3O4. The zero-order valence-electron chi connectivity index (χ0n) is 17.9. The maximum Gasteiger partial charge on any atom is 0.259 e. The number of fused-ring (bicyclic) bond motifs is 2. The number of aliphatic hydroxyl groups excluding tert-OH is 1. The summed E-state index contributed by atoms with van der Waals surface area (Å²) in [5, 5.41) is 14.6. The molecule has 3 heterocycles. The summed E-state index contributed by atoms with van der Waals surface area (Å²) >= 11 is 3.52. The molecule has 4 aromatic rings. The molecule has 0 bridgehead atoms. The fourth-order valence-corrected chi connectivity index (χ4v) is 4.76. The van der Waals surface area contributed by atoms with Crippen LogP contribution >= 0.6 is 15.9 Å². The number of H-pyrrole nitrogens is 1. The largest absolute Gasteiger partial charge is 0.389 e. The third kappa shape index (κ3) is 3.80. The number of hydrogen-bond acceptors (Lipinski definition) is 4. The predicted octanol–water partition coefficient (Wildman–Crippen LogP) is 3.85. The van der Waals surface area contributed by atoms with Crippen LogP contribution in [0, 0.1) is 0 Å². The van der Waals surface area contributed by atoms with Crippen molar-refractivity contribution in [2.75, 3.05) is 13.2 Å². The van der Waals surface area contributed by atoms with E-state index in [9.17, 15) is 14.7 Å². The van der Waals surface area contributed by atoms with E-state index in [2.05, 4.69) is 26.2 Å². The third-order valence-corrected chi connectivity index (χ3v) is 6.32. The first kappa shape index (κ1) is 21.6. The van der Waals surface area contributed by atoms with Gasteiger partial charge in [-0.15, -0.1) is 0 Å². The van der Waals surface area contributed by atoms with Crippen molar-refractivity contribution in [3.63, 3.8) is 0 Å². The van der Waals surface area contributed by atoms with E-state index in [1.807, 2.05) is 60.2 Å². The van der Waals surface area contributed by atoms with Gasteiger partial charge in [0.1, 0.15) is 0 Å². The van der Waals surface area contributed by atoms with Crippen LogP contribution in [0.3, 0.4) is 0 Å². The van der Waals surface area contributed by atoms with Gasteiger partial charge in [0.25, 0.3) is 11.8 Å². The minimum atomic E-state index is -0.710. The number of carbonyl (C=O) groups is 2. The lowest BCUT2D eigenvalue weighted by atomic mass is 9.95. The van der Waals surface area contributed by atoms with Crippen LogP contribution < -0.4 is 5.32 Å². The number of hydrogen-bond donors (Lipinski definition) is 3. The molecule has 0 aliphatic carbocycles. The summed E-state index contributed by atoms with van der Waals surface area (Å²) in [6.45, 7) is 2.90. The van der Waals surface area contributed by atoms with Crippen LogP contribution in [0.1, 0.15) is 18.1 Å². The highest BCUT2D eigenvalue weighted by atomic mass is 79.9. The molecule has 168 valence electrons. The SMILES string of the molecule is CCOCC(O)Cn1cc(C2=C(c3c[nH]c4ccccc34)C(=O)NC2=O)c2cc(Br)ccc21. The molecule has 0 spiro atoms. The van der Waals surface area contributed by atoms with Crippen LogP contribution in [0.2, 0.25) is 0 Å². The molecular weight excluding hydrogens is 486 g/mol. The number of amides is 2. The zero-order chi connectivity index (χ0) is 23.1. The number of aromatic amines is 1. The van der Waals surface area contributed by atoms with Gasteiger partial charge >= 0.3 is 0 Å². The Labute approximate surface area is 198 Å². The predicted molar refractivity (Wildman–Crippen MR) is 130 cm³/mol. The summed E-state index contributed by atoms with van der Waals surface area (Å²) in [5.41, 5.74) is 3.71. The smallest absolute Gasteiger partial charge is 0.259 e. The van der Waals surface area contributed by atoms with Crippen LogP contribution in [-0.4, -0.2) is 45.8 Å². The summed E-state index contributed by atoms with van der Waals surface area (Å²) in [7, 11) is 0. The molecule has 0 saturated carbocycles. The first-order valence-electron chi connectivity index (χ1n) is 10.7. The summed E-state index contributed by atoms with van der Waals surface area (Å²) in [5.74, 6) is -0.860. The van der Waals surface area contributed by atoms with Gasteiger partial charge in [-0.25, -0.2) is 0 Å². The Kier molecular flexibility index (Phi) is 5.65. The normalized spacial score (nSPS) is 15.1. The summed E-state index contributed by atoms with van der Waals surface area (Å²) in [4.78, 5) is 29.2. The quantitative estimate of drug-likeness (QED) is 0.331. The summed E-state index contributed by atoms with van der Waals surface area (Å²) < 4.78 is 8.10. The van der Waals surface area contributed by atoms with Gasteiger partial charge in [-0.05, 0) is 31.2 Å². The fraction of sp³-hybridized carbons (Fsp3) is 0.200. The number of aliphatic hydroxyl groups is 1. The lowest BCUT2D eigenvalue weighted by Crippen LogP contribution is -2.22. The van der Waals surface area contributed by atoms with E-state index in [1.54, 1.807) is 6.20 Å². The molecule has 33 heavy (non-hydrogen) atoms. The van der Waals surface area contributed by atoms with Gasteiger partial charge in [-0.2, -0.15) is 0 Å². The van der Waals surface area contributed by atoms with Crippen molar-refractivity contribution in [1.29, 1.82) is 0 Å². The van der Waals surface area contributed by atoms with E-state index in [0.717, 1.165) is 26.3 Å². The van der Waals surface area contributed by atoms with Gasteiger partial charge in [-0.1, -0.05) is 34.1 Å². The lowest BCUT2D eigenvalue weighted by Gasteiger charge is -2.12. The van der Waals surface area contributed by atoms with Gasteiger partial charge in [0.2, 0.25) is 0 Å². The maximum atomic E-state index is 13.0. The first-order chi connectivity index (χ1) is 16.0. The van der Waals surface area contributed by atoms with Gasteiger partial charge < -0.3 is 19.4 Å². The third-order valence-electron chi connectivity index (χ3n) is 5.82. The van der Waals surface area contributed by atoms with Crippen molar-refractivity contribution in [3.8, 4) is 0 Å². The van der Waals surface area contributed by atoms with E-state index < -0.39 is 17.9 Å². The van der Waals surface area contributed by atoms with E-state index in [4.69, 9.17) is 4.74 Å². The van der Waals surface area contributed by atoms with Gasteiger partial charge in [0.05, 0.1) is 30.4 Å². The highest BCUT2D eigenvalue weighted by Gasteiger charge is 2.35. The lowest BCUT2D eigenvalue weighted by molar-refractivity contribution is -0.122. The van der Waals surface area contributed by atoms with Crippen LogP contribution in [0.15, 0.2) is 59.3 Å². The van der Waals surface area contributed by atoms with Gasteiger partial charge in [0, 0.05) is 56.4 Å². The number of carbonyl (C=O) groups excluding carboxylic acids is 2. The minimum Gasteiger partial charge on any atom is -0.389 e. The Bertz CT molecular complexity index is 1430. The Morgan fingerprint density at radius 1 is 1.06 bits per heavy atom. The number of nitrogens with zero attached hydrogens (tertiary/aromatic N) is 1. The molecule has 2 amide bonds.